The summed E-state index contributed by atoms with van der Waals surface area (Å²) < 4.78 is 2.32. The third kappa shape index (κ3) is 16.1. The van der Waals surface area contributed by atoms with Crippen molar-refractivity contribution in [3.8, 4) is 0 Å². The maximum Gasteiger partial charge on any atom is 0.169 e. The molecule has 0 atom stereocenters. The molecular weight excluding hydrogens is 429 g/mol. The van der Waals surface area contributed by atoms with Crippen molar-refractivity contribution < 1.29 is 28.5 Å². The molecule has 0 aliphatic heterocycles. The Labute approximate surface area is 181 Å². The van der Waals surface area contributed by atoms with Gasteiger partial charge in [0.15, 0.2) is 12.4 Å². The molecule has 0 radical (unpaired) electrons. The van der Waals surface area contributed by atoms with Crippen LogP contribution in [0, 0.1) is 6.92 Å². The van der Waals surface area contributed by atoms with E-state index in [2.05, 4.69) is 42.9 Å². The summed E-state index contributed by atoms with van der Waals surface area (Å²) in [6.45, 7) is 5.63. The summed E-state index contributed by atoms with van der Waals surface area (Å²) in [7, 11) is 0. The van der Waals surface area contributed by atoms with Gasteiger partial charge in [0.25, 0.3) is 0 Å². The van der Waals surface area contributed by atoms with E-state index in [0.29, 0.717) is 0 Å². The van der Waals surface area contributed by atoms with E-state index in [4.69, 9.17) is 0 Å². The Morgan fingerprint density at radius 2 is 0.923 bits per heavy atom. The van der Waals surface area contributed by atoms with Crippen molar-refractivity contribution in [1.29, 1.82) is 0 Å². The lowest BCUT2D eigenvalue weighted by Gasteiger charge is -2.03. The van der Waals surface area contributed by atoms with Gasteiger partial charge < -0.3 is 24.0 Å². The molecule has 1 aromatic rings. The largest absolute Gasteiger partial charge is 1.00 e. The second kappa shape index (κ2) is 19.6. The second-order valence-corrected chi connectivity index (χ2v) is 7.92. The van der Waals surface area contributed by atoms with Crippen LogP contribution in [-0.2, 0) is 6.54 Å². The summed E-state index contributed by atoms with van der Waals surface area (Å²) in [4.78, 5) is 0. The van der Waals surface area contributed by atoms with Gasteiger partial charge in [-0.1, -0.05) is 96.8 Å². The zero-order chi connectivity index (χ0) is 18.0. The number of aryl methyl sites for hydroxylation is 2. The van der Waals surface area contributed by atoms with Gasteiger partial charge in [-0.05, 0) is 18.9 Å². The summed E-state index contributed by atoms with van der Waals surface area (Å²) in [5, 5.41) is 0. The SMILES string of the molecule is CCCCCCCCCCCCCCCCCC[n+]1ccc(C)cc1.[I-]. The minimum absolute atomic E-state index is 0. The van der Waals surface area contributed by atoms with Crippen molar-refractivity contribution in [3.63, 3.8) is 0 Å². The lowest BCUT2D eigenvalue weighted by atomic mass is 10.0. The van der Waals surface area contributed by atoms with E-state index in [9.17, 15) is 0 Å². The summed E-state index contributed by atoms with van der Waals surface area (Å²) in [6, 6.07) is 4.40. The van der Waals surface area contributed by atoms with Gasteiger partial charge in [0.05, 0.1) is 0 Å². The number of rotatable bonds is 17. The average molecular weight is 474 g/mol. The Kier molecular flexibility index (Phi) is 19.5. The first-order valence-electron chi connectivity index (χ1n) is 11.3. The summed E-state index contributed by atoms with van der Waals surface area (Å²) in [6.07, 6.45) is 27.5. The Hall–Kier alpha value is -0.120. The molecule has 0 spiro atoms. The predicted octanol–water partition coefficient (Wildman–Crippen LogP) is 4.55. The highest BCUT2D eigenvalue weighted by molar-refractivity contribution is 5.03. The molecule has 0 unspecified atom stereocenters. The standard InChI is InChI=1S/C24H44N.HI/c1-3-4-5-6-7-8-9-10-11-12-13-14-15-16-17-18-21-25-22-19-24(2)20-23-25;/h19-20,22-23H,3-18,21H2,1-2H3;1H/q+1;/p-1. The van der Waals surface area contributed by atoms with Crippen molar-refractivity contribution in [2.24, 2.45) is 0 Å². The number of halogens is 1. The summed E-state index contributed by atoms with van der Waals surface area (Å²) in [5.74, 6) is 0. The Morgan fingerprint density at radius 1 is 0.577 bits per heavy atom. The minimum Gasteiger partial charge on any atom is -1.00 e. The topological polar surface area (TPSA) is 3.88 Å². The van der Waals surface area contributed by atoms with Gasteiger partial charge in [-0.25, -0.2) is 4.57 Å². The number of pyridine rings is 1. The van der Waals surface area contributed by atoms with Gasteiger partial charge in [-0.15, -0.1) is 0 Å². The van der Waals surface area contributed by atoms with Crippen molar-refractivity contribution in [2.45, 2.75) is 123 Å². The predicted molar refractivity (Wildman–Crippen MR) is 111 cm³/mol. The molecule has 1 rings (SSSR count). The van der Waals surface area contributed by atoms with E-state index in [0.717, 1.165) is 0 Å². The van der Waals surface area contributed by atoms with Crippen LogP contribution in [0.1, 0.15) is 115 Å². The highest BCUT2D eigenvalue weighted by atomic mass is 127. The van der Waals surface area contributed by atoms with E-state index in [-0.39, 0.29) is 24.0 Å². The van der Waals surface area contributed by atoms with Crippen LogP contribution >= 0.6 is 0 Å². The molecule has 0 saturated heterocycles. The van der Waals surface area contributed by atoms with Crippen LogP contribution in [0.3, 0.4) is 0 Å². The average Bonchev–Trinajstić information content (AvgIpc) is 2.63. The van der Waals surface area contributed by atoms with E-state index in [1.807, 2.05) is 0 Å². The third-order valence-electron chi connectivity index (χ3n) is 5.33. The zero-order valence-corrected chi connectivity index (χ0v) is 19.8. The number of hydrogen-bond donors (Lipinski definition) is 0. The summed E-state index contributed by atoms with van der Waals surface area (Å²) >= 11 is 0. The first-order chi connectivity index (χ1) is 12.3. The minimum atomic E-state index is 0. The number of hydrogen-bond acceptors (Lipinski definition) is 0. The molecule has 26 heavy (non-hydrogen) atoms. The molecule has 1 nitrogen and oxygen atoms in total. The maximum absolute atomic E-state index is 2.32. The Balaban J connectivity index is 0.00000625. The van der Waals surface area contributed by atoms with Crippen molar-refractivity contribution >= 4 is 0 Å². The Bertz CT molecular complexity index is 388. The fraction of sp³-hybridized carbons (Fsp3) is 0.792. The Morgan fingerprint density at radius 3 is 1.31 bits per heavy atom. The molecule has 2 heteroatoms. The van der Waals surface area contributed by atoms with Crippen LogP contribution in [0.4, 0.5) is 0 Å². The lowest BCUT2D eigenvalue weighted by Crippen LogP contribution is -3.00. The number of unbranched alkanes of at least 4 members (excludes halogenated alkanes) is 15. The van der Waals surface area contributed by atoms with E-state index in [1.54, 1.807) is 0 Å². The third-order valence-corrected chi connectivity index (χ3v) is 5.33. The van der Waals surface area contributed by atoms with Crippen LogP contribution in [-0.4, -0.2) is 0 Å². The molecule has 0 fully saturated rings. The van der Waals surface area contributed by atoms with E-state index in [1.165, 1.54) is 115 Å². The quantitative estimate of drug-likeness (QED) is 0.178. The fourth-order valence-corrected chi connectivity index (χ4v) is 3.52. The molecule has 0 N–H and O–H groups in total. The molecule has 0 aliphatic carbocycles. The molecule has 0 aromatic carbocycles. The lowest BCUT2D eigenvalue weighted by molar-refractivity contribution is -0.697. The van der Waals surface area contributed by atoms with E-state index >= 15 is 0 Å². The number of nitrogens with zero attached hydrogens (tertiary/aromatic N) is 1. The van der Waals surface area contributed by atoms with Crippen molar-refractivity contribution in [1.82, 2.24) is 0 Å². The van der Waals surface area contributed by atoms with Crippen LogP contribution in [0.5, 0.6) is 0 Å². The van der Waals surface area contributed by atoms with Crippen molar-refractivity contribution in [2.75, 3.05) is 0 Å². The molecule has 0 bridgehead atoms. The summed E-state index contributed by atoms with van der Waals surface area (Å²) in [5.41, 5.74) is 1.35. The molecular formula is C24H44IN. The van der Waals surface area contributed by atoms with Gasteiger partial charge in [0.1, 0.15) is 6.54 Å². The highest BCUT2D eigenvalue weighted by Gasteiger charge is 1.99. The van der Waals surface area contributed by atoms with Gasteiger partial charge >= 0.3 is 0 Å². The first kappa shape index (κ1) is 25.9. The molecule has 0 saturated carbocycles. The van der Waals surface area contributed by atoms with Gasteiger partial charge in [-0.2, -0.15) is 0 Å². The van der Waals surface area contributed by atoms with Crippen LogP contribution in [0.25, 0.3) is 0 Å². The van der Waals surface area contributed by atoms with Crippen LogP contribution < -0.4 is 28.5 Å². The highest BCUT2D eigenvalue weighted by Crippen LogP contribution is 2.13. The van der Waals surface area contributed by atoms with Crippen LogP contribution in [0.15, 0.2) is 24.5 Å². The molecule has 1 heterocycles. The second-order valence-electron chi connectivity index (χ2n) is 7.92. The smallest absolute Gasteiger partial charge is 0.169 e. The first-order valence-corrected chi connectivity index (χ1v) is 11.3. The molecule has 0 aliphatic rings. The zero-order valence-electron chi connectivity index (χ0n) is 17.7. The molecule has 152 valence electrons. The maximum atomic E-state index is 2.32. The van der Waals surface area contributed by atoms with Gasteiger partial charge in [0, 0.05) is 18.6 Å². The van der Waals surface area contributed by atoms with Gasteiger partial charge in [-0.3, -0.25) is 0 Å². The monoisotopic (exact) mass is 473 g/mol. The van der Waals surface area contributed by atoms with Gasteiger partial charge in [0.2, 0.25) is 0 Å². The van der Waals surface area contributed by atoms with Crippen LogP contribution in [0.2, 0.25) is 0 Å². The normalized spacial score (nSPS) is 10.7. The van der Waals surface area contributed by atoms with E-state index < -0.39 is 0 Å². The fourth-order valence-electron chi connectivity index (χ4n) is 3.52. The number of aromatic nitrogens is 1. The molecule has 0 amide bonds. The van der Waals surface area contributed by atoms with Crippen molar-refractivity contribution in [3.05, 3.63) is 30.1 Å². The molecule has 1 aromatic heterocycles.